The highest BCUT2D eigenvalue weighted by molar-refractivity contribution is 5.94. The monoisotopic (exact) mass is 260 g/mol. The van der Waals surface area contributed by atoms with Gasteiger partial charge < -0.3 is 10.6 Å². The molecule has 3 heteroatoms. The summed E-state index contributed by atoms with van der Waals surface area (Å²) in [5.41, 5.74) is 3.54. The molecule has 0 aromatic heterocycles. The smallest absolute Gasteiger partial charge is 0.251 e. The predicted molar refractivity (Wildman–Crippen MR) is 77.9 cm³/mol. The molecule has 1 aromatic carbocycles. The maximum Gasteiger partial charge on any atom is 0.251 e. The Bertz CT molecular complexity index is 474. The van der Waals surface area contributed by atoms with Crippen molar-refractivity contribution in [3.63, 3.8) is 0 Å². The van der Waals surface area contributed by atoms with Gasteiger partial charge in [-0.1, -0.05) is 33.8 Å². The molecule has 1 atom stereocenters. The van der Waals surface area contributed by atoms with E-state index in [2.05, 4.69) is 44.4 Å². The first-order valence-corrected chi connectivity index (χ1v) is 6.98. The molecule has 19 heavy (non-hydrogen) atoms. The topological polar surface area (TPSA) is 41.1 Å². The van der Waals surface area contributed by atoms with Gasteiger partial charge in [-0.2, -0.15) is 0 Å². The van der Waals surface area contributed by atoms with Gasteiger partial charge in [0.15, 0.2) is 0 Å². The van der Waals surface area contributed by atoms with Gasteiger partial charge in [0.25, 0.3) is 5.91 Å². The van der Waals surface area contributed by atoms with Crippen LogP contribution in [0.3, 0.4) is 0 Å². The lowest BCUT2D eigenvalue weighted by Crippen LogP contribution is -2.33. The number of hydrogen-bond donors (Lipinski definition) is 2. The Hall–Kier alpha value is -1.35. The SMILES string of the molecule is CC(CNC(=O)c1ccc2c(c1)CNC2)C(C)(C)C. The van der Waals surface area contributed by atoms with Crippen molar-refractivity contribution < 1.29 is 4.79 Å². The fourth-order valence-electron chi connectivity index (χ4n) is 2.09. The summed E-state index contributed by atoms with van der Waals surface area (Å²) in [5.74, 6) is 0.485. The Kier molecular flexibility index (Phi) is 3.95. The van der Waals surface area contributed by atoms with Crippen LogP contribution >= 0.6 is 0 Å². The van der Waals surface area contributed by atoms with Crippen molar-refractivity contribution in [1.82, 2.24) is 10.6 Å². The summed E-state index contributed by atoms with van der Waals surface area (Å²) >= 11 is 0. The van der Waals surface area contributed by atoms with E-state index < -0.39 is 0 Å². The first kappa shape index (κ1) is 14.1. The summed E-state index contributed by atoms with van der Waals surface area (Å²) in [6.45, 7) is 11.3. The molecule has 0 saturated heterocycles. The molecule has 1 aliphatic heterocycles. The molecular formula is C16H24N2O. The summed E-state index contributed by atoms with van der Waals surface area (Å²) in [7, 11) is 0. The number of amides is 1. The van der Waals surface area contributed by atoms with E-state index in [0.29, 0.717) is 5.92 Å². The second kappa shape index (κ2) is 5.33. The van der Waals surface area contributed by atoms with Crippen molar-refractivity contribution in [2.75, 3.05) is 6.54 Å². The second-order valence-corrected chi connectivity index (χ2v) is 6.56. The Morgan fingerprint density at radius 2 is 2.00 bits per heavy atom. The van der Waals surface area contributed by atoms with Crippen LogP contribution in [-0.4, -0.2) is 12.5 Å². The van der Waals surface area contributed by atoms with Gasteiger partial charge in [-0.3, -0.25) is 4.79 Å². The Morgan fingerprint density at radius 1 is 1.32 bits per heavy atom. The van der Waals surface area contributed by atoms with E-state index in [1.807, 2.05) is 12.1 Å². The third kappa shape index (κ3) is 3.35. The third-order valence-electron chi connectivity index (χ3n) is 4.15. The Labute approximate surface area is 115 Å². The summed E-state index contributed by atoms with van der Waals surface area (Å²) in [5, 5.41) is 6.33. The lowest BCUT2D eigenvalue weighted by molar-refractivity contribution is 0.0937. The molecular weight excluding hydrogens is 236 g/mol. The Balaban J connectivity index is 1.97. The van der Waals surface area contributed by atoms with Crippen LogP contribution in [0, 0.1) is 11.3 Å². The molecule has 2 N–H and O–H groups in total. The normalized spacial score (nSPS) is 16.0. The maximum atomic E-state index is 12.1. The second-order valence-electron chi connectivity index (χ2n) is 6.56. The van der Waals surface area contributed by atoms with Crippen LogP contribution in [0.5, 0.6) is 0 Å². The molecule has 1 aromatic rings. The summed E-state index contributed by atoms with van der Waals surface area (Å²) < 4.78 is 0. The largest absolute Gasteiger partial charge is 0.352 e. The van der Waals surface area contributed by atoms with Gasteiger partial charge in [-0.05, 0) is 34.6 Å². The van der Waals surface area contributed by atoms with Crippen molar-refractivity contribution in [3.05, 3.63) is 34.9 Å². The molecule has 1 unspecified atom stereocenters. The molecule has 0 spiro atoms. The molecule has 1 amide bonds. The van der Waals surface area contributed by atoms with E-state index >= 15 is 0 Å². The van der Waals surface area contributed by atoms with Gasteiger partial charge in [0, 0.05) is 25.2 Å². The van der Waals surface area contributed by atoms with Gasteiger partial charge in [-0.25, -0.2) is 0 Å². The van der Waals surface area contributed by atoms with Gasteiger partial charge >= 0.3 is 0 Å². The zero-order valence-electron chi connectivity index (χ0n) is 12.3. The van der Waals surface area contributed by atoms with Crippen molar-refractivity contribution >= 4 is 5.91 Å². The van der Waals surface area contributed by atoms with E-state index in [0.717, 1.165) is 25.2 Å². The summed E-state index contributed by atoms with van der Waals surface area (Å²) in [6.07, 6.45) is 0. The maximum absolute atomic E-state index is 12.1. The molecule has 0 aliphatic carbocycles. The van der Waals surface area contributed by atoms with E-state index in [4.69, 9.17) is 0 Å². The molecule has 0 saturated carbocycles. The number of benzene rings is 1. The molecule has 104 valence electrons. The number of fused-ring (bicyclic) bond motifs is 1. The van der Waals surface area contributed by atoms with Crippen LogP contribution in [0.1, 0.15) is 49.2 Å². The molecule has 3 nitrogen and oxygen atoms in total. The highest BCUT2D eigenvalue weighted by atomic mass is 16.1. The highest BCUT2D eigenvalue weighted by Crippen LogP contribution is 2.24. The van der Waals surface area contributed by atoms with Crippen LogP contribution in [0.15, 0.2) is 18.2 Å². The van der Waals surface area contributed by atoms with Gasteiger partial charge in [0.2, 0.25) is 0 Å². The van der Waals surface area contributed by atoms with Crippen molar-refractivity contribution in [2.45, 2.75) is 40.8 Å². The van der Waals surface area contributed by atoms with Crippen molar-refractivity contribution in [2.24, 2.45) is 11.3 Å². The number of carbonyl (C=O) groups excluding carboxylic acids is 1. The van der Waals surface area contributed by atoms with Crippen molar-refractivity contribution in [3.8, 4) is 0 Å². The molecule has 0 fully saturated rings. The predicted octanol–water partition coefficient (Wildman–Crippen LogP) is 2.70. The van der Waals surface area contributed by atoms with Crippen LogP contribution in [0.25, 0.3) is 0 Å². The first-order valence-electron chi connectivity index (χ1n) is 6.98. The first-order chi connectivity index (χ1) is 8.88. The highest BCUT2D eigenvalue weighted by Gasteiger charge is 2.21. The minimum absolute atomic E-state index is 0.0331. The van der Waals surface area contributed by atoms with Gasteiger partial charge in [0.1, 0.15) is 0 Å². The average Bonchev–Trinajstić information content (AvgIpc) is 2.81. The zero-order valence-corrected chi connectivity index (χ0v) is 12.3. The third-order valence-corrected chi connectivity index (χ3v) is 4.15. The standard InChI is InChI=1S/C16H24N2O/c1-11(16(2,3)4)8-18-15(19)12-5-6-13-9-17-10-14(13)7-12/h5-7,11,17H,8-10H2,1-4H3,(H,18,19). The van der Waals surface area contributed by atoms with E-state index in [1.165, 1.54) is 11.1 Å². The molecule has 0 radical (unpaired) electrons. The lowest BCUT2D eigenvalue weighted by Gasteiger charge is -2.27. The van der Waals surface area contributed by atoms with Crippen LogP contribution < -0.4 is 10.6 Å². The minimum Gasteiger partial charge on any atom is -0.352 e. The summed E-state index contributed by atoms with van der Waals surface area (Å²) in [4.78, 5) is 12.1. The molecule has 0 bridgehead atoms. The number of carbonyl (C=O) groups is 1. The summed E-state index contributed by atoms with van der Waals surface area (Å²) in [6, 6.07) is 5.98. The zero-order chi connectivity index (χ0) is 14.0. The minimum atomic E-state index is 0.0331. The lowest BCUT2D eigenvalue weighted by atomic mass is 9.82. The van der Waals surface area contributed by atoms with E-state index in [9.17, 15) is 4.79 Å². The van der Waals surface area contributed by atoms with Crippen molar-refractivity contribution in [1.29, 1.82) is 0 Å². The van der Waals surface area contributed by atoms with E-state index in [-0.39, 0.29) is 11.3 Å². The fourth-order valence-corrected chi connectivity index (χ4v) is 2.09. The quantitative estimate of drug-likeness (QED) is 0.877. The Morgan fingerprint density at radius 3 is 2.68 bits per heavy atom. The number of rotatable bonds is 3. The molecule has 2 rings (SSSR count). The molecule has 1 heterocycles. The van der Waals surface area contributed by atoms with Gasteiger partial charge in [0.05, 0.1) is 0 Å². The number of nitrogens with one attached hydrogen (secondary N) is 2. The average molecular weight is 260 g/mol. The van der Waals surface area contributed by atoms with Crippen LogP contribution in [0.2, 0.25) is 0 Å². The van der Waals surface area contributed by atoms with Crippen LogP contribution in [-0.2, 0) is 13.1 Å². The molecule has 1 aliphatic rings. The van der Waals surface area contributed by atoms with Crippen LogP contribution in [0.4, 0.5) is 0 Å². The van der Waals surface area contributed by atoms with Gasteiger partial charge in [-0.15, -0.1) is 0 Å². The number of hydrogen-bond acceptors (Lipinski definition) is 2. The fraction of sp³-hybridized carbons (Fsp3) is 0.562. The van der Waals surface area contributed by atoms with E-state index in [1.54, 1.807) is 0 Å².